The maximum absolute atomic E-state index is 6.02. The van der Waals surface area contributed by atoms with Gasteiger partial charge >= 0.3 is 0 Å². The van der Waals surface area contributed by atoms with Crippen molar-refractivity contribution in [1.82, 2.24) is 0 Å². The van der Waals surface area contributed by atoms with Crippen molar-refractivity contribution in [2.24, 2.45) is 0 Å². The lowest BCUT2D eigenvalue weighted by molar-refractivity contribution is 0.469. The smallest absolute Gasteiger partial charge is 0.127 e. The SMILES string of the molecule is CCc1ccc(Oc2ccc(Cc3ccc(Oc4ccc(Oc5ccc(C)cc5)cc4)cc3)cc2)cc1. The van der Waals surface area contributed by atoms with Crippen LogP contribution in [0.2, 0.25) is 0 Å². The van der Waals surface area contributed by atoms with Crippen LogP contribution in [-0.4, -0.2) is 0 Å². The minimum absolute atomic E-state index is 0.768. The van der Waals surface area contributed by atoms with Crippen molar-refractivity contribution in [3.63, 3.8) is 0 Å². The maximum Gasteiger partial charge on any atom is 0.127 e. The van der Waals surface area contributed by atoms with E-state index in [4.69, 9.17) is 14.2 Å². The summed E-state index contributed by atoms with van der Waals surface area (Å²) in [6.07, 6.45) is 1.87. The first kappa shape index (κ1) is 24.2. The van der Waals surface area contributed by atoms with Crippen molar-refractivity contribution >= 4 is 0 Å². The van der Waals surface area contributed by atoms with Crippen LogP contribution in [0.25, 0.3) is 0 Å². The topological polar surface area (TPSA) is 27.7 Å². The summed E-state index contributed by atoms with van der Waals surface area (Å²) in [5.74, 6) is 4.86. The molecule has 0 amide bonds. The van der Waals surface area contributed by atoms with Crippen LogP contribution in [0.1, 0.15) is 29.2 Å². The number of aryl methyl sites for hydroxylation is 2. The van der Waals surface area contributed by atoms with E-state index in [1.54, 1.807) is 0 Å². The van der Waals surface area contributed by atoms with Gasteiger partial charge in [0.2, 0.25) is 0 Å². The highest BCUT2D eigenvalue weighted by Gasteiger charge is 2.03. The Morgan fingerprint density at radius 1 is 0.378 bits per heavy atom. The van der Waals surface area contributed by atoms with Crippen molar-refractivity contribution in [1.29, 1.82) is 0 Å². The molecule has 0 saturated heterocycles. The lowest BCUT2D eigenvalue weighted by atomic mass is 10.0. The van der Waals surface area contributed by atoms with E-state index >= 15 is 0 Å². The van der Waals surface area contributed by atoms with Crippen LogP contribution in [0.4, 0.5) is 0 Å². The highest BCUT2D eigenvalue weighted by molar-refractivity contribution is 5.40. The molecule has 0 radical (unpaired) electrons. The zero-order valence-corrected chi connectivity index (χ0v) is 21.2. The Balaban J connectivity index is 1.14. The van der Waals surface area contributed by atoms with Crippen LogP contribution in [0.15, 0.2) is 121 Å². The van der Waals surface area contributed by atoms with Gasteiger partial charge in [-0.05, 0) is 109 Å². The van der Waals surface area contributed by atoms with E-state index in [1.165, 1.54) is 22.3 Å². The molecule has 37 heavy (non-hydrogen) atoms. The molecule has 0 N–H and O–H groups in total. The van der Waals surface area contributed by atoms with Gasteiger partial charge in [-0.25, -0.2) is 0 Å². The number of benzene rings is 5. The molecule has 5 aromatic carbocycles. The Kier molecular flexibility index (Phi) is 7.52. The van der Waals surface area contributed by atoms with E-state index in [9.17, 15) is 0 Å². The van der Waals surface area contributed by atoms with Gasteiger partial charge in [0.25, 0.3) is 0 Å². The van der Waals surface area contributed by atoms with Gasteiger partial charge < -0.3 is 14.2 Å². The zero-order valence-electron chi connectivity index (χ0n) is 21.2. The van der Waals surface area contributed by atoms with Crippen LogP contribution in [0.5, 0.6) is 34.5 Å². The molecule has 0 heterocycles. The number of hydrogen-bond acceptors (Lipinski definition) is 3. The normalized spacial score (nSPS) is 10.6. The first-order chi connectivity index (χ1) is 18.1. The predicted molar refractivity (Wildman–Crippen MR) is 149 cm³/mol. The summed E-state index contributed by atoms with van der Waals surface area (Å²) in [6.45, 7) is 4.21. The monoisotopic (exact) mass is 486 g/mol. The third kappa shape index (κ3) is 6.80. The summed E-state index contributed by atoms with van der Waals surface area (Å²) < 4.78 is 17.9. The molecule has 5 aromatic rings. The summed E-state index contributed by atoms with van der Waals surface area (Å²) in [6, 6.07) is 40.4. The standard InChI is InChI=1S/C34H30O3/c1-3-26-6-14-30(15-7-26)36-31-16-8-27(9-17-31)24-28-10-18-32(19-11-28)37-34-22-20-33(21-23-34)35-29-12-4-25(2)5-13-29/h4-23H,3,24H2,1-2H3. The van der Waals surface area contributed by atoms with Gasteiger partial charge in [0, 0.05) is 0 Å². The van der Waals surface area contributed by atoms with Crippen LogP contribution >= 0.6 is 0 Å². The fourth-order valence-electron chi connectivity index (χ4n) is 3.97. The van der Waals surface area contributed by atoms with E-state index in [2.05, 4.69) is 50.2 Å². The molecule has 184 valence electrons. The average Bonchev–Trinajstić information content (AvgIpc) is 2.94. The molecule has 0 fully saturated rings. The first-order valence-corrected chi connectivity index (χ1v) is 12.6. The Morgan fingerprint density at radius 3 is 0.973 bits per heavy atom. The van der Waals surface area contributed by atoms with Crippen LogP contribution in [-0.2, 0) is 12.8 Å². The highest BCUT2D eigenvalue weighted by Crippen LogP contribution is 2.28. The number of rotatable bonds is 9. The van der Waals surface area contributed by atoms with Crippen molar-refractivity contribution in [2.45, 2.75) is 26.7 Å². The summed E-state index contributed by atoms with van der Waals surface area (Å²) in [7, 11) is 0. The third-order valence-corrected chi connectivity index (χ3v) is 6.14. The van der Waals surface area contributed by atoms with E-state index in [0.717, 1.165) is 47.3 Å². The minimum Gasteiger partial charge on any atom is -0.457 e. The van der Waals surface area contributed by atoms with Crippen LogP contribution in [0.3, 0.4) is 0 Å². The molecule has 0 bridgehead atoms. The Hall–Kier alpha value is -4.50. The molecule has 3 nitrogen and oxygen atoms in total. The summed E-state index contributed by atoms with van der Waals surface area (Å²) in [5.41, 5.74) is 4.96. The average molecular weight is 487 g/mol. The third-order valence-electron chi connectivity index (χ3n) is 6.14. The molecular weight excluding hydrogens is 456 g/mol. The molecule has 5 rings (SSSR count). The Bertz CT molecular complexity index is 1400. The van der Waals surface area contributed by atoms with Crippen molar-refractivity contribution in [3.8, 4) is 34.5 Å². The van der Waals surface area contributed by atoms with E-state index in [1.807, 2.05) is 84.9 Å². The zero-order chi connectivity index (χ0) is 25.5. The van der Waals surface area contributed by atoms with Crippen LogP contribution in [0, 0.1) is 6.92 Å². The van der Waals surface area contributed by atoms with Gasteiger partial charge in [-0.3, -0.25) is 0 Å². The second-order valence-corrected chi connectivity index (χ2v) is 9.05. The summed E-state index contributed by atoms with van der Waals surface area (Å²) >= 11 is 0. The first-order valence-electron chi connectivity index (χ1n) is 12.6. The highest BCUT2D eigenvalue weighted by atomic mass is 16.5. The van der Waals surface area contributed by atoms with E-state index < -0.39 is 0 Å². The number of ether oxygens (including phenoxy) is 3. The van der Waals surface area contributed by atoms with Crippen molar-refractivity contribution in [3.05, 3.63) is 144 Å². The molecule has 0 unspecified atom stereocenters. The molecule has 0 aliphatic heterocycles. The predicted octanol–water partition coefficient (Wildman–Crippen LogP) is 9.53. The van der Waals surface area contributed by atoms with Gasteiger partial charge in [-0.2, -0.15) is 0 Å². The lowest BCUT2D eigenvalue weighted by Crippen LogP contribution is -1.90. The second-order valence-electron chi connectivity index (χ2n) is 9.05. The molecule has 0 atom stereocenters. The molecule has 0 aliphatic carbocycles. The summed E-state index contributed by atoms with van der Waals surface area (Å²) in [5, 5.41) is 0. The quantitative estimate of drug-likeness (QED) is 0.208. The molecule has 0 aliphatic rings. The van der Waals surface area contributed by atoms with E-state index in [-0.39, 0.29) is 0 Å². The maximum atomic E-state index is 6.02. The molecule has 0 spiro atoms. The fourth-order valence-corrected chi connectivity index (χ4v) is 3.97. The fraction of sp³-hybridized carbons (Fsp3) is 0.118. The minimum atomic E-state index is 0.768. The van der Waals surface area contributed by atoms with Crippen molar-refractivity contribution in [2.75, 3.05) is 0 Å². The van der Waals surface area contributed by atoms with Gasteiger partial charge in [-0.15, -0.1) is 0 Å². The Morgan fingerprint density at radius 2 is 0.649 bits per heavy atom. The van der Waals surface area contributed by atoms with Gasteiger partial charge in [0.05, 0.1) is 0 Å². The second kappa shape index (κ2) is 11.5. The largest absolute Gasteiger partial charge is 0.457 e. The van der Waals surface area contributed by atoms with Crippen molar-refractivity contribution < 1.29 is 14.2 Å². The van der Waals surface area contributed by atoms with Crippen LogP contribution < -0.4 is 14.2 Å². The number of hydrogen-bond donors (Lipinski definition) is 0. The summed E-state index contributed by atoms with van der Waals surface area (Å²) in [4.78, 5) is 0. The van der Waals surface area contributed by atoms with E-state index in [0.29, 0.717) is 0 Å². The molecule has 0 aromatic heterocycles. The molecule has 3 heteroatoms. The lowest BCUT2D eigenvalue weighted by Gasteiger charge is -2.10. The van der Waals surface area contributed by atoms with Gasteiger partial charge in [0.15, 0.2) is 0 Å². The Labute approximate surface area is 218 Å². The molecule has 0 saturated carbocycles. The van der Waals surface area contributed by atoms with Gasteiger partial charge in [0.1, 0.15) is 34.5 Å². The molecular formula is C34H30O3. The van der Waals surface area contributed by atoms with Gasteiger partial charge in [-0.1, -0.05) is 61.0 Å².